The van der Waals surface area contributed by atoms with E-state index < -0.39 is 21.9 Å². The largest absolute Gasteiger partial charge is 0.444 e. The molecule has 0 aliphatic carbocycles. The average Bonchev–Trinajstić information content (AvgIpc) is 3.37. The molecule has 4 aromatic rings. The minimum absolute atomic E-state index is 0.160. The van der Waals surface area contributed by atoms with Crippen LogP contribution in [-0.4, -0.2) is 23.2 Å². The molecule has 154 valence electrons. The number of sulfonamides is 1. The molecule has 0 bridgehead atoms. The van der Waals surface area contributed by atoms with Crippen LogP contribution in [0.3, 0.4) is 0 Å². The highest BCUT2D eigenvalue weighted by atomic mass is 32.2. The van der Waals surface area contributed by atoms with Gasteiger partial charge in [0.15, 0.2) is 17.8 Å². The molecule has 0 amide bonds. The molecule has 0 unspecified atom stereocenters. The van der Waals surface area contributed by atoms with Gasteiger partial charge in [-0.1, -0.05) is 24.3 Å². The van der Waals surface area contributed by atoms with Crippen molar-refractivity contribution in [3.05, 3.63) is 72.9 Å². The van der Waals surface area contributed by atoms with Gasteiger partial charge in [-0.15, -0.1) is 0 Å². The van der Waals surface area contributed by atoms with Crippen LogP contribution in [0.2, 0.25) is 0 Å². The van der Waals surface area contributed by atoms with Crippen LogP contribution in [0.4, 0.5) is 13.2 Å². The minimum Gasteiger partial charge on any atom is -0.444 e. The van der Waals surface area contributed by atoms with Crippen molar-refractivity contribution < 1.29 is 26.0 Å². The second kappa shape index (κ2) is 7.11. The maximum absolute atomic E-state index is 13.3. The van der Waals surface area contributed by atoms with Crippen LogP contribution in [-0.2, 0) is 16.2 Å². The minimum atomic E-state index is -4.65. The van der Waals surface area contributed by atoms with Crippen molar-refractivity contribution in [3.63, 3.8) is 0 Å². The van der Waals surface area contributed by atoms with E-state index in [1.165, 1.54) is 36.9 Å². The Labute approximate surface area is 168 Å². The van der Waals surface area contributed by atoms with Gasteiger partial charge < -0.3 is 4.42 Å². The molecule has 2 aromatic heterocycles. The molecule has 0 saturated heterocycles. The molecule has 0 saturated carbocycles. The van der Waals surface area contributed by atoms with E-state index in [1.807, 2.05) is 0 Å². The molecule has 0 aliphatic rings. The number of rotatable bonds is 4. The van der Waals surface area contributed by atoms with Crippen LogP contribution < -0.4 is 5.14 Å². The van der Waals surface area contributed by atoms with Crippen molar-refractivity contribution >= 4 is 10.0 Å². The third kappa shape index (κ3) is 3.84. The van der Waals surface area contributed by atoms with E-state index in [2.05, 4.69) is 10.1 Å². The summed E-state index contributed by atoms with van der Waals surface area (Å²) in [5.41, 5.74) is 0.516. The second-order valence-electron chi connectivity index (χ2n) is 6.31. The molecular weight excluding hydrogens is 421 g/mol. The molecule has 11 heteroatoms. The summed E-state index contributed by atoms with van der Waals surface area (Å²) in [6.45, 7) is 0. The smallest absolute Gasteiger partial charge is 0.435 e. The predicted octanol–water partition coefficient (Wildman–Crippen LogP) is 3.86. The number of benzene rings is 2. The number of alkyl halides is 3. The lowest BCUT2D eigenvalue weighted by Gasteiger charge is -2.09. The summed E-state index contributed by atoms with van der Waals surface area (Å²) in [6.07, 6.45) is -1.85. The average molecular weight is 434 g/mol. The van der Waals surface area contributed by atoms with Gasteiger partial charge in [-0.3, -0.25) is 0 Å². The maximum atomic E-state index is 13.3. The summed E-state index contributed by atoms with van der Waals surface area (Å²) in [7, 11) is -3.93. The first-order valence-electron chi connectivity index (χ1n) is 8.43. The summed E-state index contributed by atoms with van der Waals surface area (Å²) >= 11 is 0. The molecule has 0 spiro atoms. The topological polar surface area (TPSA) is 104 Å². The number of aromatic nitrogens is 3. The lowest BCUT2D eigenvalue weighted by molar-refractivity contribution is -0.141. The number of hydrogen-bond acceptors (Lipinski definition) is 5. The van der Waals surface area contributed by atoms with Gasteiger partial charge in [0.2, 0.25) is 10.0 Å². The van der Waals surface area contributed by atoms with E-state index in [1.54, 1.807) is 24.3 Å². The van der Waals surface area contributed by atoms with Crippen LogP contribution in [0, 0.1) is 0 Å². The quantitative estimate of drug-likeness (QED) is 0.525. The first-order chi connectivity index (χ1) is 14.1. The van der Waals surface area contributed by atoms with Crippen molar-refractivity contribution in [1.29, 1.82) is 0 Å². The van der Waals surface area contributed by atoms with Crippen LogP contribution in [0.5, 0.6) is 0 Å². The van der Waals surface area contributed by atoms with Crippen molar-refractivity contribution in [1.82, 2.24) is 14.8 Å². The molecular formula is C19H13F3N4O3S. The van der Waals surface area contributed by atoms with Crippen molar-refractivity contribution in [2.75, 3.05) is 0 Å². The Morgan fingerprint density at radius 2 is 1.60 bits per heavy atom. The number of hydrogen-bond donors (Lipinski definition) is 1. The molecule has 0 aliphatic heterocycles. The molecule has 7 nitrogen and oxygen atoms in total. The first kappa shape index (κ1) is 19.9. The molecule has 0 atom stereocenters. The van der Waals surface area contributed by atoms with Gasteiger partial charge in [-0.25, -0.2) is 23.2 Å². The Hall–Kier alpha value is -3.44. The van der Waals surface area contributed by atoms with Gasteiger partial charge in [-0.2, -0.15) is 18.3 Å². The van der Waals surface area contributed by atoms with Crippen LogP contribution in [0.25, 0.3) is 28.3 Å². The molecule has 0 radical (unpaired) electrons. The zero-order valence-electron chi connectivity index (χ0n) is 15.0. The van der Waals surface area contributed by atoms with E-state index in [-0.39, 0.29) is 16.3 Å². The zero-order valence-corrected chi connectivity index (χ0v) is 15.9. The monoisotopic (exact) mass is 434 g/mol. The Bertz CT molecular complexity index is 1280. The van der Waals surface area contributed by atoms with Gasteiger partial charge in [0.05, 0.1) is 22.5 Å². The van der Waals surface area contributed by atoms with Crippen molar-refractivity contribution in [2.45, 2.75) is 11.1 Å². The highest BCUT2D eigenvalue weighted by molar-refractivity contribution is 7.89. The SMILES string of the molecule is NS(=O)(=O)c1ccc(-n2nc(C(F)(F)F)cc2-c2ccc(-c3cnco3)cc2)cc1. The summed E-state index contributed by atoms with van der Waals surface area (Å²) < 4.78 is 69.0. The van der Waals surface area contributed by atoms with Gasteiger partial charge in [-0.05, 0) is 30.3 Å². The van der Waals surface area contributed by atoms with Crippen LogP contribution in [0.1, 0.15) is 5.69 Å². The normalized spacial score (nSPS) is 12.3. The Morgan fingerprint density at radius 1 is 0.967 bits per heavy atom. The van der Waals surface area contributed by atoms with Gasteiger partial charge >= 0.3 is 6.18 Å². The fourth-order valence-electron chi connectivity index (χ4n) is 2.86. The lowest BCUT2D eigenvalue weighted by Crippen LogP contribution is -2.12. The molecule has 4 rings (SSSR count). The standard InChI is InChI=1S/C19H13F3N4O3S/c20-19(21,22)18-9-16(12-1-3-13(4-2-12)17-10-24-11-29-17)26(25-18)14-5-7-15(8-6-14)30(23,27)28/h1-11H,(H2,23,27,28). The fourth-order valence-corrected chi connectivity index (χ4v) is 3.38. The lowest BCUT2D eigenvalue weighted by atomic mass is 10.1. The first-order valence-corrected chi connectivity index (χ1v) is 9.97. The third-order valence-corrected chi connectivity index (χ3v) is 5.24. The van der Waals surface area contributed by atoms with Gasteiger partial charge in [0.25, 0.3) is 0 Å². The van der Waals surface area contributed by atoms with E-state index in [9.17, 15) is 21.6 Å². The summed E-state index contributed by atoms with van der Waals surface area (Å²) in [6, 6.07) is 12.6. The third-order valence-electron chi connectivity index (χ3n) is 4.31. The number of halogens is 3. The zero-order chi connectivity index (χ0) is 21.5. The van der Waals surface area contributed by atoms with Gasteiger partial charge in [0.1, 0.15) is 0 Å². The number of nitrogens with two attached hydrogens (primary N) is 1. The van der Waals surface area contributed by atoms with E-state index in [0.717, 1.165) is 10.7 Å². The molecule has 0 fully saturated rings. The van der Waals surface area contributed by atoms with E-state index in [0.29, 0.717) is 16.9 Å². The second-order valence-corrected chi connectivity index (χ2v) is 7.87. The van der Waals surface area contributed by atoms with E-state index in [4.69, 9.17) is 9.56 Å². The Balaban J connectivity index is 1.80. The molecule has 2 aromatic carbocycles. The maximum Gasteiger partial charge on any atom is 0.435 e. The molecule has 30 heavy (non-hydrogen) atoms. The number of oxazole rings is 1. The molecule has 2 N–H and O–H groups in total. The molecule has 2 heterocycles. The Kier molecular flexibility index (Phi) is 4.71. The highest BCUT2D eigenvalue weighted by Crippen LogP contribution is 2.34. The highest BCUT2D eigenvalue weighted by Gasteiger charge is 2.35. The van der Waals surface area contributed by atoms with Crippen molar-refractivity contribution in [3.8, 4) is 28.3 Å². The van der Waals surface area contributed by atoms with Gasteiger partial charge in [0, 0.05) is 11.1 Å². The van der Waals surface area contributed by atoms with Crippen molar-refractivity contribution in [2.24, 2.45) is 5.14 Å². The van der Waals surface area contributed by atoms with E-state index >= 15 is 0 Å². The predicted molar refractivity (Wildman–Crippen MR) is 101 cm³/mol. The van der Waals surface area contributed by atoms with Crippen LogP contribution >= 0.6 is 0 Å². The summed E-state index contributed by atoms with van der Waals surface area (Å²) in [4.78, 5) is 3.67. The summed E-state index contributed by atoms with van der Waals surface area (Å²) in [5, 5.41) is 8.75. The van der Waals surface area contributed by atoms with Crippen LogP contribution in [0.15, 0.2) is 76.5 Å². The fraction of sp³-hybridized carbons (Fsp3) is 0.0526. The number of primary sulfonamides is 1. The Morgan fingerprint density at radius 3 is 2.13 bits per heavy atom. The number of nitrogens with zero attached hydrogens (tertiary/aromatic N) is 3. The summed E-state index contributed by atoms with van der Waals surface area (Å²) in [5.74, 6) is 0.518.